The zero-order valence-corrected chi connectivity index (χ0v) is 16.1. The summed E-state index contributed by atoms with van der Waals surface area (Å²) in [5.74, 6) is 0.332. The molecule has 0 spiro atoms. The fourth-order valence-electron chi connectivity index (χ4n) is 3.39. The number of rotatable bonds is 3. The van der Waals surface area contributed by atoms with Crippen molar-refractivity contribution in [3.05, 3.63) is 64.6 Å². The molecule has 0 radical (unpaired) electrons. The van der Waals surface area contributed by atoms with E-state index in [0.717, 1.165) is 4.68 Å². The normalized spacial score (nSPS) is 12.1. The number of pyridine rings is 2. The Morgan fingerprint density at radius 3 is 2.71 bits per heavy atom. The molecule has 0 fully saturated rings. The summed E-state index contributed by atoms with van der Waals surface area (Å²) in [7, 11) is 0. The Morgan fingerprint density at radius 1 is 1.10 bits per heavy atom. The Morgan fingerprint density at radius 2 is 1.90 bits per heavy atom. The van der Waals surface area contributed by atoms with Crippen LogP contribution in [-0.2, 0) is 6.54 Å². The topological polar surface area (TPSA) is 93.8 Å². The predicted octanol–water partition coefficient (Wildman–Crippen LogP) is 3.37. The summed E-state index contributed by atoms with van der Waals surface area (Å²) >= 11 is 0. The summed E-state index contributed by atoms with van der Waals surface area (Å²) in [4.78, 5) is 20.4. The van der Waals surface area contributed by atoms with Gasteiger partial charge in [0.15, 0.2) is 16.9 Å². The number of benzene rings is 1. The van der Waals surface area contributed by atoms with Crippen molar-refractivity contribution >= 4 is 16.6 Å². The molecule has 0 amide bonds. The molecule has 0 aliphatic heterocycles. The van der Waals surface area contributed by atoms with Gasteiger partial charge in [-0.1, -0.05) is 17.3 Å². The minimum Gasteiger partial charge on any atom is -0.351 e. The first-order chi connectivity index (χ1) is 14.8. The van der Waals surface area contributed by atoms with Gasteiger partial charge in [0.25, 0.3) is 0 Å². The van der Waals surface area contributed by atoms with Crippen LogP contribution in [0.25, 0.3) is 39.3 Å². The third-order valence-electron chi connectivity index (χ3n) is 4.88. The van der Waals surface area contributed by atoms with Gasteiger partial charge in [0, 0.05) is 28.2 Å². The van der Waals surface area contributed by atoms with E-state index in [1.165, 1.54) is 10.7 Å². The van der Waals surface area contributed by atoms with Crippen molar-refractivity contribution in [1.29, 1.82) is 0 Å². The van der Waals surface area contributed by atoms with Gasteiger partial charge >= 0.3 is 6.18 Å². The average molecular weight is 425 g/mol. The van der Waals surface area contributed by atoms with Crippen molar-refractivity contribution in [2.75, 3.05) is 0 Å². The lowest BCUT2D eigenvalue weighted by molar-refractivity contribution is -0.142. The Kier molecular flexibility index (Phi) is 4.14. The minimum absolute atomic E-state index is 0.106. The second-order valence-corrected chi connectivity index (χ2v) is 7.07. The van der Waals surface area contributed by atoms with Crippen molar-refractivity contribution in [3.63, 3.8) is 0 Å². The lowest BCUT2D eigenvalue weighted by Crippen LogP contribution is -2.17. The number of hydrogen-bond acceptors (Lipinski definition) is 5. The van der Waals surface area contributed by atoms with Gasteiger partial charge in [-0.05, 0) is 31.2 Å². The van der Waals surface area contributed by atoms with E-state index in [1.54, 1.807) is 43.5 Å². The lowest BCUT2D eigenvalue weighted by atomic mass is 10.1. The van der Waals surface area contributed by atoms with Crippen LogP contribution in [0.2, 0.25) is 0 Å². The fourth-order valence-corrected chi connectivity index (χ4v) is 3.39. The fraction of sp³-hybridized carbons (Fsp3) is 0.150. The van der Waals surface area contributed by atoms with Crippen LogP contribution in [-0.4, -0.2) is 40.8 Å². The number of halogens is 3. The molecular weight excluding hydrogens is 411 g/mol. The highest BCUT2D eigenvalue weighted by Crippen LogP contribution is 2.23. The molecule has 31 heavy (non-hydrogen) atoms. The molecule has 0 bridgehead atoms. The standard InChI is InChI=1S/C20H14F3N7O/c1-11-17(24-14-5-3-2-4-13(14)18(11)31)19-25-16-7-6-12(8-30(16)27-19)15-9-29(28-26-15)10-20(21,22)23/h2-9H,10H2,1H3,(H,24,31). The maximum Gasteiger partial charge on any atom is 0.408 e. The van der Waals surface area contributed by atoms with Gasteiger partial charge in [0.2, 0.25) is 0 Å². The molecule has 11 heteroatoms. The highest BCUT2D eigenvalue weighted by molar-refractivity contribution is 5.82. The molecule has 1 N–H and O–H groups in total. The first-order valence-corrected chi connectivity index (χ1v) is 9.24. The van der Waals surface area contributed by atoms with Crippen molar-refractivity contribution in [3.8, 4) is 22.8 Å². The number of H-pyrrole nitrogens is 1. The van der Waals surface area contributed by atoms with Gasteiger partial charge < -0.3 is 4.98 Å². The van der Waals surface area contributed by atoms with E-state index < -0.39 is 12.7 Å². The van der Waals surface area contributed by atoms with E-state index in [4.69, 9.17) is 0 Å². The number of aromatic nitrogens is 7. The highest BCUT2D eigenvalue weighted by atomic mass is 19.4. The minimum atomic E-state index is -4.38. The Bertz CT molecular complexity index is 1500. The molecule has 0 saturated carbocycles. The van der Waals surface area contributed by atoms with Crippen LogP contribution in [0, 0.1) is 6.92 Å². The monoisotopic (exact) mass is 425 g/mol. The van der Waals surface area contributed by atoms with Crippen LogP contribution in [0.5, 0.6) is 0 Å². The molecule has 0 aliphatic carbocycles. The Labute approximate surface area is 172 Å². The Hall–Kier alpha value is -4.02. The molecule has 1 aromatic carbocycles. The van der Waals surface area contributed by atoms with Crippen LogP contribution in [0.1, 0.15) is 5.56 Å². The van der Waals surface area contributed by atoms with Gasteiger partial charge in [0.05, 0.1) is 11.9 Å². The molecule has 0 aliphatic rings. The third-order valence-corrected chi connectivity index (χ3v) is 4.88. The van der Waals surface area contributed by atoms with Gasteiger partial charge in [-0.2, -0.15) is 13.2 Å². The molecule has 4 aromatic heterocycles. The molecule has 0 saturated heterocycles. The van der Waals surface area contributed by atoms with Crippen LogP contribution < -0.4 is 5.43 Å². The van der Waals surface area contributed by atoms with Gasteiger partial charge in [-0.25, -0.2) is 14.2 Å². The highest BCUT2D eigenvalue weighted by Gasteiger charge is 2.28. The maximum atomic E-state index is 12.7. The van der Waals surface area contributed by atoms with E-state index in [1.807, 2.05) is 6.07 Å². The summed E-state index contributed by atoms with van der Waals surface area (Å²) in [6, 6.07) is 10.5. The van der Waals surface area contributed by atoms with Crippen LogP contribution in [0.15, 0.2) is 53.6 Å². The van der Waals surface area contributed by atoms with E-state index in [2.05, 4.69) is 25.4 Å². The quantitative estimate of drug-likeness (QED) is 0.478. The van der Waals surface area contributed by atoms with Crippen LogP contribution >= 0.6 is 0 Å². The smallest absolute Gasteiger partial charge is 0.351 e. The van der Waals surface area contributed by atoms with Crippen molar-refractivity contribution in [2.24, 2.45) is 0 Å². The van der Waals surface area contributed by atoms with E-state index >= 15 is 0 Å². The third kappa shape index (κ3) is 3.43. The molecule has 5 rings (SSSR count). The Balaban J connectivity index is 1.56. The van der Waals surface area contributed by atoms with E-state index in [0.29, 0.717) is 39.2 Å². The van der Waals surface area contributed by atoms with E-state index in [-0.39, 0.29) is 11.1 Å². The molecule has 5 aromatic rings. The average Bonchev–Trinajstić information content (AvgIpc) is 3.35. The summed E-state index contributed by atoms with van der Waals surface area (Å²) < 4.78 is 39.9. The van der Waals surface area contributed by atoms with Gasteiger partial charge in [0.1, 0.15) is 12.2 Å². The second-order valence-electron chi connectivity index (χ2n) is 7.07. The number of fused-ring (bicyclic) bond motifs is 2. The maximum absolute atomic E-state index is 12.7. The zero-order valence-electron chi connectivity index (χ0n) is 16.1. The number of nitrogens with one attached hydrogen (secondary N) is 1. The predicted molar refractivity (Wildman–Crippen MR) is 106 cm³/mol. The lowest BCUT2D eigenvalue weighted by Gasteiger charge is -2.04. The largest absolute Gasteiger partial charge is 0.408 e. The summed E-state index contributed by atoms with van der Waals surface area (Å²) in [6.45, 7) is 0.487. The molecular formula is C20H14F3N7O. The molecule has 156 valence electrons. The van der Waals surface area contributed by atoms with Gasteiger partial charge in [-0.15, -0.1) is 10.2 Å². The first kappa shape index (κ1) is 19.0. The summed E-state index contributed by atoms with van der Waals surface area (Å²) in [5, 5.41) is 12.4. The second kappa shape index (κ2) is 6.76. The molecule has 4 heterocycles. The molecule has 0 atom stereocenters. The first-order valence-electron chi connectivity index (χ1n) is 9.24. The van der Waals surface area contributed by atoms with Crippen molar-refractivity contribution < 1.29 is 13.2 Å². The summed E-state index contributed by atoms with van der Waals surface area (Å²) in [6.07, 6.45) is -1.57. The molecule has 8 nitrogen and oxygen atoms in total. The van der Waals surface area contributed by atoms with Crippen molar-refractivity contribution in [2.45, 2.75) is 19.6 Å². The number of aromatic amines is 1. The number of nitrogens with zero attached hydrogens (tertiary/aromatic N) is 6. The summed E-state index contributed by atoms with van der Waals surface area (Å²) in [5.41, 5.74) is 2.88. The van der Waals surface area contributed by atoms with E-state index in [9.17, 15) is 18.0 Å². The number of para-hydroxylation sites is 1. The SMILES string of the molecule is Cc1c(-c2nc3ccc(-c4cn(CC(F)(F)F)nn4)cn3n2)[nH]c2ccccc2c1=O. The number of hydrogen-bond donors (Lipinski definition) is 1. The van der Waals surface area contributed by atoms with Crippen LogP contribution in [0.4, 0.5) is 13.2 Å². The van der Waals surface area contributed by atoms with Crippen LogP contribution in [0.3, 0.4) is 0 Å². The van der Waals surface area contributed by atoms with Gasteiger partial charge in [-0.3, -0.25) is 4.79 Å². The van der Waals surface area contributed by atoms with Crippen molar-refractivity contribution in [1.82, 2.24) is 34.6 Å². The zero-order chi connectivity index (χ0) is 21.8. The number of alkyl halides is 3. The molecule has 0 unspecified atom stereocenters.